The van der Waals surface area contributed by atoms with Crippen molar-refractivity contribution in [2.45, 2.75) is 24.9 Å². The van der Waals surface area contributed by atoms with Crippen LogP contribution in [0.5, 0.6) is 5.75 Å². The van der Waals surface area contributed by atoms with Crippen molar-refractivity contribution in [2.75, 3.05) is 27.2 Å². The van der Waals surface area contributed by atoms with Gasteiger partial charge in [0.25, 0.3) is 0 Å². The second-order valence-electron chi connectivity index (χ2n) is 7.87. The fourth-order valence-electron chi connectivity index (χ4n) is 4.11. The molecule has 0 radical (unpaired) electrons. The molecule has 1 fully saturated rings. The molecule has 1 aliphatic rings. The first-order valence-electron chi connectivity index (χ1n) is 10.1. The molecule has 0 N–H and O–H groups in total. The summed E-state index contributed by atoms with van der Waals surface area (Å²) < 4.78 is 11.0. The van der Waals surface area contributed by atoms with Gasteiger partial charge in [0.2, 0.25) is 0 Å². The molecule has 0 atom stereocenters. The van der Waals surface area contributed by atoms with E-state index >= 15 is 0 Å². The van der Waals surface area contributed by atoms with E-state index < -0.39 is 5.41 Å². The van der Waals surface area contributed by atoms with E-state index in [1.165, 1.54) is 5.39 Å². The number of fused-ring (bicyclic) bond motifs is 1. The number of ether oxygens (including phenoxy) is 2. The van der Waals surface area contributed by atoms with Crippen molar-refractivity contribution in [1.82, 2.24) is 4.90 Å². The number of nitrogens with zero attached hydrogens (tertiary/aromatic N) is 1. The summed E-state index contributed by atoms with van der Waals surface area (Å²) in [6.07, 6.45) is 1.53. The molecule has 3 aromatic rings. The van der Waals surface area contributed by atoms with E-state index in [4.69, 9.17) is 9.47 Å². The molecule has 4 heteroatoms. The van der Waals surface area contributed by atoms with Crippen LogP contribution in [0.25, 0.3) is 10.8 Å². The predicted octanol–water partition coefficient (Wildman–Crippen LogP) is 4.56. The number of esters is 1. The molecule has 0 aliphatic carbocycles. The molecule has 1 aliphatic heterocycles. The Hall–Kier alpha value is -2.85. The minimum Gasteiger partial charge on any atom is -0.497 e. The first-order valence-corrected chi connectivity index (χ1v) is 10.1. The van der Waals surface area contributed by atoms with Crippen LogP contribution in [-0.2, 0) is 21.6 Å². The lowest BCUT2D eigenvalue weighted by Gasteiger charge is -2.39. The molecule has 0 bridgehead atoms. The Labute approximate surface area is 172 Å². The van der Waals surface area contributed by atoms with Crippen molar-refractivity contribution in [3.63, 3.8) is 0 Å². The van der Waals surface area contributed by atoms with Crippen molar-refractivity contribution in [3.05, 3.63) is 77.9 Å². The highest BCUT2D eigenvalue weighted by Crippen LogP contribution is 2.38. The number of likely N-dealkylation sites (tertiary alicyclic amines) is 1. The number of benzene rings is 3. The largest absolute Gasteiger partial charge is 0.497 e. The summed E-state index contributed by atoms with van der Waals surface area (Å²) >= 11 is 0. The van der Waals surface area contributed by atoms with Gasteiger partial charge >= 0.3 is 5.97 Å². The van der Waals surface area contributed by atoms with Crippen LogP contribution in [0, 0.1) is 0 Å². The molecule has 1 saturated heterocycles. The zero-order valence-electron chi connectivity index (χ0n) is 17.1. The average Bonchev–Trinajstić information content (AvgIpc) is 2.78. The summed E-state index contributed by atoms with van der Waals surface area (Å²) in [4.78, 5) is 15.7. The van der Waals surface area contributed by atoms with Crippen LogP contribution in [0.3, 0.4) is 0 Å². The van der Waals surface area contributed by atoms with Gasteiger partial charge in [-0.1, -0.05) is 54.6 Å². The molecule has 150 valence electrons. The summed E-state index contributed by atoms with van der Waals surface area (Å²) in [6.45, 7) is 2.03. The lowest BCUT2D eigenvalue weighted by atomic mass is 9.72. The third-order valence-corrected chi connectivity index (χ3v) is 6.06. The molecule has 0 saturated carbocycles. The molecule has 4 rings (SSSR count). The highest BCUT2D eigenvalue weighted by molar-refractivity contribution is 5.88. The average molecular weight is 389 g/mol. The Kier molecular flexibility index (Phi) is 5.54. The monoisotopic (exact) mass is 389 g/mol. The van der Waals surface area contributed by atoms with E-state index in [1.807, 2.05) is 36.4 Å². The van der Waals surface area contributed by atoms with Crippen LogP contribution >= 0.6 is 0 Å². The Morgan fingerprint density at radius 1 is 0.966 bits per heavy atom. The lowest BCUT2D eigenvalue weighted by Crippen LogP contribution is -2.47. The SMILES string of the molecule is COc1ccc(COC(=O)C2(c3ccc4ccccc4c3)CCN(C)CC2)cc1. The van der Waals surface area contributed by atoms with E-state index in [2.05, 4.69) is 42.3 Å². The van der Waals surface area contributed by atoms with Crippen molar-refractivity contribution in [1.29, 1.82) is 0 Å². The summed E-state index contributed by atoms with van der Waals surface area (Å²) in [5.74, 6) is 0.666. The standard InChI is InChI=1S/C25H27NO3/c1-26-15-13-25(14-16-26,22-10-9-20-5-3-4-6-21(20)17-22)24(27)29-18-19-7-11-23(28-2)12-8-19/h3-12,17H,13-16,18H2,1-2H3. The van der Waals surface area contributed by atoms with Gasteiger partial charge in [-0.2, -0.15) is 0 Å². The number of carbonyl (C=O) groups is 1. The molecule has 0 unspecified atom stereocenters. The van der Waals surface area contributed by atoms with Crippen molar-refractivity contribution in [2.24, 2.45) is 0 Å². The quantitative estimate of drug-likeness (QED) is 0.600. The van der Waals surface area contributed by atoms with Crippen LogP contribution in [-0.4, -0.2) is 38.1 Å². The molecular formula is C25H27NO3. The number of rotatable bonds is 5. The van der Waals surface area contributed by atoms with Gasteiger partial charge in [0, 0.05) is 0 Å². The minimum absolute atomic E-state index is 0.128. The third-order valence-electron chi connectivity index (χ3n) is 6.06. The summed E-state index contributed by atoms with van der Waals surface area (Å²) in [5, 5.41) is 2.34. The molecule has 3 aromatic carbocycles. The van der Waals surface area contributed by atoms with E-state index in [0.717, 1.165) is 48.2 Å². The number of hydrogen-bond acceptors (Lipinski definition) is 4. The van der Waals surface area contributed by atoms with Gasteiger partial charge in [0.15, 0.2) is 0 Å². The topological polar surface area (TPSA) is 38.8 Å². The summed E-state index contributed by atoms with van der Waals surface area (Å²) in [6, 6.07) is 22.3. The molecule has 4 nitrogen and oxygen atoms in total. The lowest BCUT2D eigenvalue weighted by molar-refractivity contribution is -0.154. The fourth-order valence-corrected chi connectivity index (χ4v) is 4.11. The van der Waals surface area contributed by atoms with Gasteiger partial charge in [-0.15, -0.1) is 0 Å². The maximum Gasteiger partial charge on any atom is 0.316 e. The van der Waals surface area contributed by atoms with Crippen LogP contribution in [0.4, 0.5) is 0 Å². The van der Waals surface area contributed by atoms with E-state index in [0.29, 0.717) is 0 Å². The molecule has 29 heavy (non-hydrogen) atoms. The normalized spacial score (nSPS) is 16.5. The van der Waals surface area contributed by atoms with Crippen LogP contribution < -0.4 is 4.74 Å². The van der Waals surface area contributed by atoms with Crippen LogP contribution in [0.2, 0.25) is 0 Å². The maximum absolute atomic E-state index is 13.4. The second-order valence-corrected chi connectivity index (χ2v) is 7.87. The molecular weight excluding hydrogens is 362 g/mol. The van der Waals surface area contributed by atoms with Gasteiger partial charge < -0.3 is 14.4 Å². The summed E-state index contributed by atoms with van der Waals surface area (Å²) in [7, 11) is 3.75. The zero-order valence-corrected chi connectivity index (χ0v) is 17.1. The molecule has 0 spiro atoms. The van der Waals surface area contributed by atoms with Gasteiger partial charge in [0.05, 0.1) is 12.5 Å². The number of hydrogen-bond donors (Lipinski definition) is 0. The van der Waals surface area contributed by atoms with Gasteiger partial charge in [0.1, 0.15) is 12.4 Å². The predicted molar refractivity (Wildman–Crippen MR) is 115 cm³/mol. The Balaban J connectivity index is 1.60. The zero-order chi connectivity index (χ0) is 20.3. The second kappa shape index (κ2) is 8.26. The third kappa shape index (κ3) is 3.99. The first-order chi connectivity index (χ1) is 14.1. The van der Waals surface area contributed by atoms with Gasteiger partial charge in [-0.25, -0.2) is 0 Å². The Morgan fingerprint density at radius 3 is 2.34 bits per heavy atom. The number of methoxy groups -OCH3 is 1. The van der Waals surface area contributed by atoms with Gasteiger partial charge in [-0.3, -0.25) is 4.79 Å². The Morgan fingerprint density at radius 2 is 1.66 bits per heavy atom. The Bertz CT molecular complexity index is 988. The molecule has 0 amide bonds. The van der Waals surface area contributed by atoms with Crippen molar-refractivity contribution >= 4 is 16.7 Å². The van der Waals surface area contributed by atoms with Crippen molar-refractivity contribution < 1.29 is 14.3 Å². The van der Waals surface area contributed by atoms with Crippen LogP contribution in [0.15, 0.2) is 66.7 Å². The van der Waals surface area contributed by atoms with E-state index in [9.17, 15) is 4.79 Å². The van der Waals surface area contributed by atoms with Crippen LogP contribution in [0.1, 0.15) is 24.0 Å². The molecule has 1 heterocycles. The van der Waals surface area contributed by atoms with Gasteiger partial charge in [-0.05, 0) is 67.0 Å². The fraction of sp³-hybridized carbons (Fsp3) is 0.320. The summed E-state index contributed by atoms with van der Waals surface area (Å²) in [5.41, 5.74) is 1.42. The minimum atomic E-state index is -0.594. The first kappa shape index (κ1) is 19.5. The smallest absolute Gasteiger partial charge is 0.316 e. The highest BCUT2D eigenvalue weighted by Gasteiger charge is 2.43. The van der Waals surface area contributed by atoms with E-state index in [1.54, 1.807) is 7.11 Å². The molecule has 0 aromatic heterocycles. The van der Waals surface area contributed by atoms with E-state index in [-0.39, 0.29) is 12.6 Å². The number of carbonyl (C=O) groups excluding carboxylic acids is 1. The number of piperidine rings is 1. The highest BCUT2D eigenvalue weighted by atomic mass is 16.5. The maximum atomic E-state index is 13.4. The van der Waals surface area contributed by atoms with Crippen molar-refractivity contribution in [3.8, 4) is 5.75 Å².